The SMILES string of the molecule is CC(CO)(CO)Nc1nc(SCc2cccc(F)c2F)nc2[nH]c(=O)sc12.[H-].[Na+]. The van der Waals surface area contributed by atoms with E-state index in [2.05, 4.69) is 20.3 Å². The summed E-state index contributed by atoms with van der Waals surface area (Å²) >= 11 is 1.95. The van der Waals surface area contributed by atoms with E-state index in [9.17, 15) is 23.8 Å². The Morgan fingerprint density at radius 1 is 1.32 bits per heavy atom. The molecule has 0 aliphatic carbocycles. The number of nitrogens with one attached hydrogen (secondary N) is 2. The fourth-order valence-corrected chi connectivity index (χ4v) is 3.73. The molecular weight excluding hydrogens is 421 g/mol. The van der Waals surface area contributed by atoms with Crippen LogP contribution in [-0.2, 0) is 5.75 Å². The molecule has 3 aromatic rings. The molecule has 0 radical (unpaired) electrons. The number of thioether (sulfide) groups is 1. The molecule has 146 valence electrons. The number of aromatic amines is 1. The number of halogens is 2. The minimum atomic E-state index is -1.06. The fraction of sp³-hybridized carbons (Fsp3) is 0.312. The molecule has 0 saturated carbocycles. The molecule has 12 heteroatoms. The molecule has 0 amide bonds. The van der Waals surface area contributed by atoms with E-state index in [1.165, 1.54) is 12.1 Å². The van der Waals surface area contributed by atoms with Gasteiger partial charge in [-0.2, -0.15) is 0 Å². The summed E-state index contributed by atoms with van der Waals surface area (Å²) < 4.78 is 27.6. The summed E-state index contributed by atoms with van der Waals surface area (Å²) in [5, 5.41) is 22.1. The van der Waals surface area contributed by atoms with Crippen LogP contribution in [0.5, 0.6) is 0 Å². The minimum absolute atomic E-state index is 0. The quantitative estimate of drug-likeness (QED) is 0.218. The Kier molecular flexibility index (Phi) is 7.97. The third kappa shape index (κ3) is 5.09. The van der Waals surface area contributed by atoms with Gasteiger partial charge in [-0.1, -0.05) is 35.2 Å². The number of hydrogen-bond donors (Lipinski definition) is 4. The summed E-state index contributed by atoms with van der Waals surface area (Å²) in [4.78, 5) is 22.5. The maximum atomic E-state index is 13.8. The summed E-state index contributed by atoms with van der Waals surface area (Å²) in [6.45, 7) is 0.849. The summed E-state index contributed by atoms with van der Waals surface area (Å²) in [5.74, 6) is -1.52. The van der Waals surface area contributed by atoms with Crippen LogP contribution < -0.4 is 39.7 Å². The fourth-order valence-electron chi connectivity index (χ4n) is 2.19. The van der Waals surface area contributed by atoms with Gasteiger partial charge in [0.1, 0.15) is 4.70 Å². The monoisotopic (exact) mass is 438 g/mol. The molecule has 28 heavy (non-hydrogen) atoms. The number of nitrogens with zero attached hydrogens (tertiary/aromatic N) is 2. The van der Waals surface area contributed by atoms with Crippen molar-refractivity contribution in [2.24, 2.45) is 0 Å². The Labute approximate surface area is 190 Å². The summed E-state index contributed by atoms with van der Waals surface area (Å²) in [6, 6.07) is 3.91. The van der Waals surface area contributed by atoms with Crippen molar-refractivity contribution in [1.29, 1.82) is 0 Å². The van der Waals surface area contributed by atoms with Crippen molar-refractivity contribution in [3.05, 3.63) is 45.1 Å². The standard InChI is InChI=1S/C16H16F2N4O3S2.Na.H/c1-16(6-23,7-24)22-13-11-12(21-15(25)27-11)19-14(20-13)26-5-8-3-2-4-9(17)10(8)18;;/h2-4,23-24H,5-7H2,1H3,(H2,19,20,21,22,25);;/q;+1;-1. The molecule has 0 atom stereocenters. The molecule has 0 fully saturated rings. The number of benzene rings is 1. The number of aromatic nitrogens is 3. The Balaban J connectivity index is 0.00000210. The van der Waals surface area contributed by atoms with Crippen molar-refractivity contribution in [3.8, 4) is 0 Å². The molecule has 0 spiro atoms. The van der Waals surface area contributed by atoms with E-state index in [1.807, 2.05) is 0 Å². The molecular formula is C16H17F2N4NaO3S2. The second-order valence-electron chi connectivity index (χ2n) is 6.05. The Bertz CT molecular complexity index is 1030. The first-order valence-electron chi connectivity index (χ1n) is 7.81. The van der Waals surface area contributed by atoms with Gasteiger partial charge >= 0.3 is 34.4 Å². The predicted molar refractivity (Wildman–Crippen MR) is 101 cm³/mol. The van der Waals surface area contributed by atoms with E-state index in [4.69, 9.17) is 0 Å². The van der Waals surface area contributed by atoms with Crippen LogP contribution in [0.2, 0.25) is 0 Å². The number of aliphatic hydroxyl groups is 2. The second-order valence-corrected chi connectivity index (χ2v) is 7.98. The molecule has 1 aromatic carbocycles. The van der Waals surface area contributed by atoms with Crippen LogP contribution >= 0.6 is 23.1 Å². The average Bonchev–Trinajstić information content (AvgIpc) is 3.03. The molecule has 3 rings (SSSR count). The van der Waals surface area contributed by atoms with Gasteiger partial charge in [-0.3, -0.25) is 9.78 Å². The predicted octanol–water partition coefficient (Wildman–Crippen LogP) is -0.778. The molecule has 0 aliphatic heterocycles. The van der Waals surface area contributed by atoms with Crippen molar-refractivity contribution in [1.82, 2.24) is 15.0 Å². The van der Waals surface area contributed by atoms with E-state index in [-0.39, 0.29) is 77.0 Å². The minimum Gasteiger partial charge on any atom is -1.00 e. The van der Waals surface area contributed by atoms with E-state index >= 15 is 0 Å². The maximum Gasteiger partial charge on any atom is 1.00 e. The van der Waals surface area contributed by atoms with Crippen LogP contribution in [0.25, 0.3) is 10.3 Å². The first-order chi connectivity index (χ1) is 12.8. The van der Waals surface area contributed by atoms with Crippen LogP contribution in [0.3, 0.4) is 0 Å². The van der Waals surface area contributed by atoms with Gasteiger partial charge in [-0.15, -0.1) is 0 Å². The van der Waals surface area contributed by atoms with E-state index in [1.54, 1.807) is 6.92 Å². The van der Waals surface area contributed by atoms with Crippen LogP contribution in [0, 0.1) is 11.6 Å². The van der Waals surface area contributed by atoms with Gasteiger partial charge in [-0.25, -0.2) is 18.7 Å². The van der Waals surface area contributed by atoms with Gasteiger partial charge in [0, 0.05) is 11.3 Å². The molecule has 4 N–H and O–H groups in total. The van der Waals surface area contributed by atoms with Crippen LogP contribution in [0.15, 0.2) is 28.2 Å². The second kappa shape index (κ2) is 9.61. The van der Waals surface area contributed by atoms with Gasteiger partial charge in [0.15, 0.2) is 28.3 Å². The Hall–Kier alpha value is -1.08. The van der Waals surface area contributed by atoms with Crippen LogP contribution in [-0.4, -0.2) is 43.9 Å². The average molecular weight is 438 g/mol. The Morgan fingerprint density at radius 3 is 2.71 bits per heavy atom. The number of H-pyrrole nitrogens is 1. The molecule has 2 aromatic heterocycles. The topological polar surface area (TPSA) is 111 Å². The van der Waals surface area contributed by atoms with Gasteiger partial charge in [0.05, 0.1) is 18.8 Å². The van der Waals surface area contributed by atoms with Crippen LogP contribution in [0.1, 0.15) is 13.9 Å². The molecule has 2 heterocycles. The smallest absolute Gasteiger partial charge is 1.00 e. The van der Waals surface area contributed by atoms with Crippen molar-refractivity contribution in [2.45, 2.75) is 23.4 Å². The molecule has 0 bridgehead atoms. The van der Waals surface area contributed by atoms with Gasteiger partial charge in [0.2, 0.25) is 0 Å². The summed E-state index contributed by atoms with van der Waals surface area (Å²) in [7, 11) is 0. The first-order valence-corrected chi connectivity index (χ1v) is 9.62. The number of rotatable bonds is 7. The number of hydrogen-bond acceptors (Lipinski definition) is 8. The third-order valence-corrected chi connectivity index (χ3v) is 5.54. The largest absolute Gasteiger partial charge is 1.00 e. The number of fused-ring (bicyclic) bond motifs is 1. The maximum absolute atomic E-state index is 13.8. The normalized spacial score (nSPS) is 11.5. The number of thiazole rings is 1. The van der Waals surface area contributed by atoms with E-state index < -0.39 is 17.2 Å². The van der Waals surface area contributed by atoms with Gasteiger partial charge < -0.3 is 17.0 Å². The molecule has 0 unspecified atom stereocenters. The van der Waals surface area contributed by atoms with E-state index in [0.29, 0.717) is 4.70 Å². The number of anilines is 1. The summed E-state index contributed by atoms with van der Waals surface area (Å²) in [5.41, 5.74) is -0.624. The zero-order valence-corrected chi connectivity index (χ0v) is 18.8. The molecule has 7 nitrogen and oxygen atoms in total. The summed E-state index contributed by atoms with van der Waals surface area (Å²) in [6.07, 6.45) is 0. The first kappa shape index (κ1) is 23.2. The van der Waals surface area contributed by atoms with Crippen molar-refractivity contribution in [3.63, 3.8) is 0 Å². The van der Waals surface area contributed by atoms with Gasteiger partial charge in [0.25, 0.3) is 0 Å². The van der Waals surface area contributed by atoms with Gasteiger partial charge in [-0.05, 0) is 13.0 Å². The zero-order valence-electron chi connectivity index (χ0n) is 16.1. The zero-order chi connectivity index (χ0) is 19.6. The third-order valence-electron chi connectivity index (χ3n) is 3.77. The van der Waals surface area contributed by atoms with Crippen molar-refractivity contribution >= 4 is 39.3 Å². The Morgan fingerprint density at radius 2 is 2.04 bits per heavy atom. The van der Waals surface area contributed by atoms with Crippen molar-refractivity contribution in [2.75, 3.05) is 18.5 Å². The van der Waals surface area contributed by atoms with E-state index in [0.717, 1.165) is 29.2 Å². The van der Waals surface area contributed by atoms with Crippen LogP contribution in [0.4, 0.5) is 14.6 Å². The molecule has 0 saturated heterocycles. The van der Waals surface area contributed by atoms with Crippen molar-refractivity contribution < 1.29 is 50.0 Å². The molecule has 0 aliphatic rings. The number of aliphatic hydroxyl groups excluding tert-OH is 2.